The van der Waals surface area contributed by atoms with Gasteiger partial charge in [0.1, 0.15) is 5.75 Å². The number of carbonyl (C=O) groups excluding carboxylic acids is 2. The predicted molar refractivity (Wildman–Crippen MR) is 88.0 cm³/mol. The van der Waals surface area contributed by atoms with Crippen LogP contribution in [-0.2, 0) is 0 Å². The summed E-state index contributed by atoms with van der Waals surface area (Å²) in [6, 6.07) is 13.9. The molecule has 1 fully saturated rings. The molecule has 23 heavy (non-hydrogen) atoms. The second kappa shape index (κ2) is 6.52. The van der Waals surface area contributed by atoms with E-state index in [9.17, 15) is 9.59 Å². The first-order chi connectivity index (χ1) is 11.2. The molecule has 1 aliphatic carbocycles. The van der Waals surface area contributed by atoms with Gasteiger partial charge in [-0.1, -0.05) is 12.1 Å². The van der Waals surface area contributed by atoms with Gasteiger partial charge in [0.25, 0.3) is 0 Å². The number of nitrogens with one attached hydrogen (secondary N) is 2. The minimum absolute atomic E-state index is 0.144. The number of anilines is 1. The van der Waals surface area contributed by atoms with E-state index < -0.39 is 0 Å². The Labute approximate surface area is 134 Å². The van der Waals surface area contributed by atoms with Gasteiger partial charge in [0, 0.05) is 17.2 Å². The Hall–Kier alpha value is -2.82. The van der Waals surface area contributed by atoms with Gasteiger partial charge in [0.2, 0.25) is 0 Å². The molecule has 2 N–H and O–H groups in total. The van der Waals surface area contributed by atoms with Gasteiger partial charge < -0.3 is 15.4 Å². The van der Waals surface area contributed by atoms with Gasteiger partial charge in [-0.25, -0.2) is 4.79 Å². The maximum atomic E-state index is 12.7. The third-order valence-electron chi connectivity index (χ3n) is 3.68. The fraction of sp³-hybridized carbons (Fsp3) is 0.222. The summed E-state index contributed by atoms with van der Waals surface area (Å²) >= 11 is 0. The van der Waals surface area contributed by atoms with Crippen LogP contribution in [0.5, 0.6) is 5.75 Å². The van der Waals surface area contributed by atoms with Gasteiger partial charge in [0.15, 0.2) is 5.78 Å². The van der Waals surface area contributed by atoms with Crippen molar-refractivity contribution >= 4 is 17.5 Å². The molecular formula is C18H18N2O3. The fourth-order valence-corrected chi connectivity index (χ4v) is 2.26. The Morgan fingerprint density at radius 3 is 2.39 bits per heavy atom. The first-order valence-corrected chi connectivity index (χ1v) is 7.52. The average Bonchev–Trinajstić information content (AvgIpc) is 3.38. The van der Waals surface area contributed by atoms with Gasteiger partial charge in [-0.2, -0.15) is 0 Å². The monoisotopic (exact) mass is 310 g/mol. The summed E-state index contributed by atoms with van der Waals surface area (Å²) in [5.74, 6) is 0.548. The van der Waals surface area contributed by atoms with Crippen LogP contribution in [0.15, 0.2) is 48.5 Å². The van der Waals surface area contributed by atoms with Crippen molar-refractivity contribution in [3.63, 3.8) is 0 Å². The van der Waals surface area contributed by atoms with Crippen molar-refractivity contribution in [1.82, 2.24) is 5.32 Å². The molecular weight excluding hydrogens is 292 g/mol. The number of benzene rings is 2. The Balaban J connectivity index is 1.80. The van der Waals surface area contributed by atoms with Gasteiger partial charge >= 0.3 is 6.03 Å². The first kappa shape index (κ1) is 15.1. The Morgan fingerprint density at radius 1 is 1.04 bits per heavy atom. The fourth-order valence-electron chi connectivity index (χ4n) is 2.26. The zero-order chi connectivity index (χ0) is 16.2. The molecule has 118 valence electrons. The van der Waals surface area contributed by atoms with Crippen LogP contribution in [0.4, 0.5) is 10.5 Å². The van der Waals surface area contributed by atoms with Crippen molar-refractivity contribution in [1.29, 1.82) is 0 Å². The Kier molecular flexibility index (Phi) is 4.28. The minimum atomic E-state index is -0.275. The molecule has 0 radical (unpaired) electrons. The molecule has 1 saturated carbocycles. The lowest BCUT2D eigenvalue weighted by atomic mass is 10.0. The number of ketones is 1. The standard InChI is InChI=1S/C18H18N2O3/c1-23-14-10-6-12(7-11-14)17(21)15-4-2-3-5-16(15)20-18(22)19-13-8-9-13/h2-7,10-11,13H,8-9H2,1H3,(H2,19,20,22). The summed E-state index contributed by atoms with van der Waals surface area (Å²) < 4.78 is 5.10. The molecule has 2 aromatic carbocycles. The van der Waals surface area contributed by atoms with Crippen LogP contribution in [0, 0.1) is 0 Å². The van der Waals surface area contributed by atoms with Crippen LogP contribution < -0.4 is 15.4 Å². The first-order valence-electron chi connectivity index (χ1n) is 7.52. The summed E-state index contributed by atoms with van der Waals surface area (Å²) in [5, 5.41) is 5.60. The molecule has 3 rings (SSSR count). The summed E-state index contributed by atoms with van der Waals surface area (Å²) in [5.41, 5.74) is 1.51. The van der Waals surface area contributed by atoms with Crippen LogP contribution in [0.1, 0.15) is 28.8 Å². The van der Waals surface area contributed by atoms with Crippen molar-refractivity contribution in [2.45, 2.75) is 18.9 Å². The number of urea groups is 1. The number of para-hydroxylation sites is 1. The van der Waals surface area contributed by atoms with E-state index >= 15 is 0 Å². The Bertz CT molecular complexity index is 721. The molecule has 0 unspecified atom stereocenters. The molecule has 5 heteroatoms. The van der Waals surface area contributed by atoms with Crippen molar-refractivity contribution in [2.75, 3.05) is 12.4 Å². The van der Waals surface area contributed by atoms with E-state index in [4.69, 9.17) is 4.74 Å². The lowest BCUT2D eigenvalue weighted by molar-refractivity contribution is 0.103. The van der Waals surface area contributed by atoms with Crippen LogP contribution in [0.2, 0.25) is 0 Å². The van der Waals surface area contributed by atoms with Gasteiger partial charge in [-0.3, -0.25) is 4.79 Å². The zero-order valence-corrected chi connectivity index (χ0v) is 12.8. The van der Waals surface area contributed by atoms with Crippen LogP contribution in [0.3, 0.4) is 0 Å². The molecule has 0 spiro atoms. The predicted octanol–water partition coefficient (Wildman–Crippen LogP) is 3.21. The third kappa shape index (κ3) is 3.69. The minimum Gasteiger partial charge on any atom is -0.497 e. The van der Waals surface area contributed by atoms with E-state index in [0.717, 1.165) is 12.8 Å². The molecule has 0 aliphatic heterocycles. The summed E-state index contributed by atoms with van der Waals surface area (Å²) in [6.07, 6.45) is 2.03. The highest BCUT2D eigenvalue weighted by Gasteiger charge is 2.24. The maximum absolute atomic E-state index is 12.7. The summed E-state index contributed by atoms with van der Waals surface area (Å²) in [7, 11) is 1.58. The van der Waals surface area contributed by atoms with E-state index in [0.29, 0.717) is 22.6 Å². The van der Waals surface area contributed by atoms with E-state index in [-0.39, 0.29) is 17.9 Å². The molecule has 0 aromatic heterocycles. The SMILES string of the molecule is COc1ccc(C(=O)c2ccccc2NC(=O)NC2CC2)cc1. The maximum Gasteiger partial charge on any atom is 0.319 e. The zero-order valence-electron chi connectivity index (χ0n) is 12.8. The van der Waals surface area contributed by atoms with Crippen LogP contribution in [-0.4, -0.2) is 25.0 Å². The number of amides is 2. The van der Waals surface area contributed by atoms with Crippen molar-refractivity contribution in [3.05, 3.63) is 59.7 Å². The van der Waals surface area contributed by atoms with Crippen LogP contribution in [0.25, 0.3) is 0 Å². The number of methoxy groups -OCH3 is 1. The van der Waals surface area contributed by atoms with E-state index in [2.05, 4.69) is 10.6 Å². The molecule has 0 atom stereocenters. The highest BCUT2D eigenvalue weighted by Crippen LogP contribution is 2.22. The number of rotatable bonds is 5. The molecule has 0 bridgehead atoms. The highest BCUT2D eigenvalue weighted by molar-refractivity contribution is 6.13. The molecule has 1 aliphatic rings. The third-order valence-corrected chi connectivity index (χ3v) is 3.68. The number of hydrogen-bond donors (Lipinski definition) is 2. The van der Waals surface area contributed by atoms with Crippen molar-refractivity contribution in [3.8, 4) is 5.75 Å². The second-order valence-electron chi connectivity index (χ2n) is 5.48. The number of ether oxygens (including phenoxy) is 1. The van der Waals surface area contributed by atoms with E-state index in [1.165, 1.54) is 0 Å². The van der Waals surface area contributed by atoms with Gasteiger partial charge in [-0.05, 0) is 49.2 Å². The second-order valence-corrected chi connectivity index (χ2v) is 5.48. The molecule has 5 nitrogen and oxygen atoms in total. The molecule has 2 aromatic rings. The average molecular weight is 310 g/mol. The van der Waals surface area contributed by atoms with E-state index in [1.807, 2.05) is 0 Å². The number of carbonyl (C=O) groups is 2. The number of hydrogen-bond acceptors (Lipinski definition) is 3. The highest BCUT2D eigenvalue weighted by atomic mass is 16.5. The topological polar surface area (TPSA) is 67.4 Å². The van der Waals surface area contributed by atoms with Gasteiger partial charge in [0.05, 0.1) is 12.8 Å². The van der Waals surface area contributed by atoms with Crippen molar-refractivity contribution in [2.24, 2.45) is 0 Å². The quantitative estimate of drug-likeness (QED) is 0.833. The largest absolute Gasteiger partial charge is 0.497 e. The molecule has 0 heterocycles. The van der Waals surface area contributed by atoms with Gasteiger partial charge in [-0.15, -0.1) is 0 Å². The lowest BCUT2D eigenvalue weighted by Crippen LogP contribution is -2.31. The Morgan fingerprint density at radius 2 is 1.74 bits per heavy atom. The van der Waals surface area contributed by atoms with Crippen molar-refractivity contribution < 1.29 is 14.3 Å². The normalized spacial score (nSPS) is 13.3. The lowest BCUT2D eigenvalue weighted by Gasteiger charge is -2.11. The van der Waals surface area contributed by atoms with E-state index in [1.54, 1.807) is 55.6 Å². The summed E-state index contributed by atoms with van der Waals surface area (Å²) in [4.78, 5) is 24.6. The van der Waals surface area contributed by atoms with Crippen LogP contribution >= 0.6 is 0 Å². The molecule has 0 saturated heterocycles. The summed E-state index contributed by atoms with van der Waals surface area (Å²) in [6.45, 7) is 0. The molecule has 2 amide bonds. The smallest absolute Gasteiger partial charge is 0.319 e.